The number of benzene rings is 2. The van der Waals surface area contributed by atoms with Gasteiger partial charge in [-0.3, -0.25) is 4.18 Å². The van der Waals surface area contributed by atoms with E-state index in [0.29, 0.717) is 24.2 Å². The number of methoxy groups -OCH3 is 1. The molecule has 6 nitrogen and oxygen atoms in total. The van der Waals surface area contributed by atoms with Crippen LogP contribution in [0.2, 0.25) is 0 Å². The highest BCUT2D eigenvalue weighted by Gasteiger charge is 2.11. The van der Waals surface area contributed by atoms with Crippen LogP contribution < -0.4 is 4.74 Å². The van der Waals surface area contributed by atoms with E-state index in [9.17, 15) is 13.2 Å². The van der Waals surface area contributed by atoms with Crippen LogP contribution >= 0.6 is 0 Å². The fraction of sp³-hybridized carbons (Fsp3) is 0.316. The molecule has 2 aromatic carbocycles. The highest BCUT2D eigenvalue weighted by molar-refractivity contribution is 7.85. The molecular weight excluding hydrogens is 356 g/mol. The van der Waals surface area contributed by atoms with Crippen LogP contribution in [0.1, 0.15) is 27.9 Å². The van der Waals surface area contributed by atoms with Gasteiger partial charge >= 0.3 is 5.97 Å². The number of ether oxygens (including phenoxy) is 2. The smallest absolute Gasteiger partial charge is 0.338 e. The second kappa shape index (κ2) is 9.35. The van der Waals surface area contributed by atoms with Crippen LogP contribution in [-0.4, -0.2) is 34.4 Å². The molecule has 7 heteroatoms. The predicted molar refractivity (Wildman–Crippen MR) is 97.7 cm³/mol. The minimum absolute atomic E-state index is 0.168. The molecule has 0 aliphatic rings. The van der Waals surface area contributed by atoms with Crippen LogP contribution in [0.25, 0.3) is 0 Å². The molecule has 0 saturated heterocycles. The number of carbonyl (C=O) groups is 1. The second-order valence-electron chi connectivity index (χ2n) is 5.71. The lowest BCUT2D eigenvalue weighted by atomic mass is 10.1. The summed E-state index contributed by atoms with van der Waals surface area (Å²) in [5, 5.41) is 0. The van der Waals surface area contributed by atoms with Gasteiger partial charge in [0.05, 0.1) is 25.5 Å². The highest BCUT2D eigenvalue weighted by atomic mass is 32.2. The van der Waals surface area contributed by atoms with Gasteiger partial charge in [0, 0.05) is 5.56 Å². The molecule has 0 aliphatic carbocycles. The fourth-order valence-corrected chi connectivity index (χ4v) is 2.78. The number of hydrogen-bond donors (Lipinski definition) is 0. The van der Waals surface area contributed by atoms with E-state index in [1.54, 1.807) is 12.1 Å². The van der Waals surface area contributed by atoms with Crippen molar-refractivity contribution in [3.05, 3.63) is 65.2 Å². The molecule has 26 heavy (non-hydrogen) atoms. The number of carbonyl (C=O) groups excluding carboxylic acids is 1. The van der Waals surface area contributed by atoms with Crippen LogP contribution in [0, 0.1) is 0 Å². The minimum Gasteiger partial charge on any atom is -0.489 e. The van der Waals surface area contributed by atoms with Gasteiger partial charge in [0.1, 0.15) is 12.4 Å². The van der Waals surface area contributed by atoms with Crippen LogP contribution in [0.15, 0.2) is 48.5 Å². The minimum atomic E-state index is -3.38. The average Bonchev–Trinajstić information content (AvgIpc) is 2.63. The van der Waals surface area contributed by atoms with E-state index in [2.05, 4.69) is 0 Å². The third-order valence-corrected chi connectivity index (χ3v) is 4.24. The molecule has 0 radical (unpaired) electrons. The first kappa shape index (κ1) is 19.9. The summed E-state index contributed by atoms with van der Waals surface area (Å²) in [6.45, 7) is 0.425. The number of aryl methyl sites for hydroxylation is 1. The topological polar surface area (TPSA) is 78.9 Å². The monoisotopic (exact) mass is 378 g/mol. The van der Waals surface area contributed by atoms with Crippen molar-refractivity contribution < 1.29 is 26.9 Å². The van der Waals surface area contributed by atoms with Gasteiger partial charge in [-0.05, 0) is 36.6 Å². The van der Waals surface area contributed by atoms with Crippen molar-refractivity contribution in [1.82, 2.24) is 0 Å². The van der Waals surface area contributed by atoms with Gasteiger partial charge in [-0.1, -0.05) is 30.3 Å². The van der Waals surface area contributed by atoms with E-state index >= 15 is 0 Å². The van der Waals surface area contributed by atoms with Gasteiger partial charge < -0.3 is 9.47 Å². The summed E-state index contributed by atoms with van der Waals surface area (Å²) >= 11 is 0. The van der Waals surface area contributed by atoms with E-state index in [4.69, 9.17) is 13.7 Å². The zero-order chi connectivity index (χ0) is 19.0. The Hall–Kier alpha value is -2.38. The summed E-state index contributed by atoms with van der Waals surface area (Å²) in [4.78, 5) is 11.8. The maximum Gasteiger partial charge on any atom is 0.338 e. The Morgan fingerprint density at radius 1 is 1.04 bits per heavy atom. The van der Waals surface area contributed by atoms with Crippen LogP contribution in [0.3, 0.4) is 0 Å². The van der Waals surface area contributed by atoms with Crippen molar-refractivity contribution in [2.45, 2.75) is 19.4 Å². The number of rotatable bonds is 9. The molecular formula is C19H22O6S. The molecule has 0 saturated carbocycles. The lowest BCUT2D eigenvalue weighted by Gasteiger charge is -2.10. The van der Waals surface area contributed by atoms with Gasteiger partial charge in [-0.15, -0.1) is 0 Å². The number of hydrogen-bond acceptors (Lipinski definition) is 6. The first-order chi connectivity index (χ1) is 12.4. The summed E-state index contributed by atoms with van der Waals surface area (Å²) in [5.74, 6) is 0.289. The second-order valence-corrected chi connectivity index (χ2v) is 7.35. The SMILES string of the molecule is COC(=O)c1ccccc1COc1ccc(CCCOS(C)(=O)=O)cc1. The lowest BCUT2D eigenvalue weighted by molar-refractivity contribution is 0.0597. The summed E-state index contributed by atoms with van der Waals surface area (Å²) < 4.78 is 37.0. The van der Waals surface area contributed by atoms with Crippen molar-refractivity contribution in [2.75, 3.05) is 20.0 Å². The summed E-state index contributed by atoms with van der Waals surface area (Å²) in [5.41, 5.74) is 2.29. The summed E-state index contributed by atoms with van der Waals surface area (Å²) in [6.07, 6.45) is 2.36. The molecule has 0 unspecified atom stereocenters. The molecule has 140 valence electrons. The molecule has 0 atom stereocenters. The lowest BCUT2D eigenvalue weighted by Crippen LogP contribution is -2.07. The molecule has 0 heterocycles. The molecule has 2 aromatic rings. The molecule has 0 aromatic heterocycles. The van der Waals surface area contributed by atoms with Crippen molar-refractivity contribution in [1.29, 1.82) is 0 Å². The van der Waals surface area contributed by atoms with Crippen molar-refractivity contribution in [2.24, 2.45) is 0 Å². The quantitative estimate of drug-likeness (QED) is 0.379. The zero-order valence-electron chi connectivity index (χ0n) is 14.8. The Morgan fingerprint density at radius 2 is 1.73 bits per heavy atom. The van der Waals surface area contributed by atoms with E-state index in [-0.39, 0.29) is 13.2 Å². The Morgan fingerprint density at radius 3 is 2.38 bits per heavy atom. The van der Waals surface area contributed by atoms with Crippen LogP contribution in [0.4, 0.5) is 0 Å². The maximum absolute atomic E-state index is 11.8. The van der Waals surface area contributed by atoms with Crippen LogP contribution in [-0.2, 0) is 32.1 Å². The van der Waals surface area contributed by atoms with Crippen molar-refractivity contribution in [3.63, 3.8) is 0 Å². The third kappa shape index (κ3) is 6.50. The van der Waals surface area contributed by atoms with E-state index in [1.165, 1.54) is 7.11 Å². The molecule has 0 fully saturated rings. The molecule has 0 N–H and O–H groups in total. The van der Waals surface area contributed by atoms with E-state index in [0.717, 1.165) is 17.4 Å². The first-order valence-electron chi connectivity index (χ1n) is 8.11. The Bertz CT molecular complexity index is 827. The standard InChI is InChI=1S/C19H22O6S/c1-23-19(20)18-8-4-3-7-16(18)14-24-17-11-9-15(10-12-17)6-5-13-25-26(2,21)22/h3-4,7-12H,5-6,13-14H2,1-2H3. The molecule has 0 spiro atoms. The Kier molecular flexibility index (Phi) is 7.17. The normalized spacial score (nSPS) is 11.2. The molecule has 0 amide bonds. The zero-order valence-corrected chi connectivity index (χ0v) is 15.6. The summed E-state index contributed by atoms with van der Waals surface area (Å²) in [7, 11) is -2.04. The Balaban J connectivity index is 1.87. The fourth-order valence-electron chi connectivity index (χ4n) is 2.36. The highest BCUT2D eigenvalue weighted by Crippen LogP contribution is 2.17. The molecule has 0 bridgehead atoms. The van der Waals surface area contributed by atoms with Crippen molar-refractivity contribution in [3.8, 4) is 5.75 Å². The van der Waals surface area contributed by atoms with Gasteiger partial charge in [0.2, 0.25) is 0 Å². The predicted octanol–water partition coefficient (Wildman–Crippen LogP) is 2.96. The van der Waals surface area contributed by atoms with Crippen molar-refractivity contribution >= 4 is 16.1 Å². The molecule has 0 aliphatic heterocycles. The maximum atomic E-state index is 11.8. The van der Waals surface area contributed by atoms with Gasteiger partial charge in [0.15, 0.2) is 0 Å². The first-order valence-corrected chi connectivity index (χ1v) is 9.93. The van der Waals surface area contributed by atoms with Crippen LogP contribution in [0.5, 0.6) is 5.75 Å². The third-order valence-electron chi connectivity index (χ3n) is 3.65. The molecule has 2 rings (SSSR count). The number of esters is 1. The Labute approximate surface area is 153 Å². The van der Waals surface area contributed by atoms with Gasteiger partial charge in [-0.2, -0.15) is 8.42 Å². The largest absolute Gasteiger partial charge is 0.489 e. The van der Waals surface area contributed by atoms with E-state index < -0.39 is 16.1 Å². The summed E-state index contributed by atoms with van der Waals surface area (Å²) in [6, 6.07) is 14.7. The average molecular weight is 378 g/mol. The van der Waals surface area contributed by atoms with Gasteiger partial charge in [0.25, 0.3) is 10.1 Å². The van der Waals surface area contributed by atoms with E-state index in [1.807, 2.05) is 36.4 Å². The van der Waals surface area contributed by atoms with Gasteiger partial charge in [-0.25, -0.2) is 4.79 Å².